The Morgan fingerprint density at radius 1 is 1.24 bits per heavy atom. The number of alkyl halides is 3. The third-order valence-corrected chi connectivity index (χ3v) is 3.59. The maximum Gasteiger partial charge on any atom is 0.419 e. The molecule has 4 nitrogen and oxygen atoms in total. The Bertz CT molecular complexity index is 625. The van der Waals surface area contributed by atoms with Crippen molar-refractivity contribution in [1.29, 1.82) is 0 Å². The number of rotatable bonds is 2. The molecule has 0 aliphatic carbocycles. The average molecular weight is 363 g/mol. The number of carbonyl (C=O) groups excluding carboxylic acids is 1. The third kappa shape index (κ3) is 5.24. The fourth-order valence-electron chi connectivity index (χ4n) is 2.53. The van der Waals surface area contributed by atoms with Gasteiger partial charge in [0.1, 0.15) is 11.7 Å². The van der Waals surface area contributed by atoms with Gasteiger partial charge < -0.3 is 14.4 Å². The number of carbonyl (C=O) groups is 1. The largest absolute Gasteiger partial charge is 0.485 e. The number of benzene rings is 1. The van der Waals surface area contributed by atoms with Gasteiger partial charge in [-0.3, -0.25) is 0 Å². The molecule has 1 saturated heterocycles. The minimum Gasteiger partial charge on any atom is -0.485 e. The summed E-state index contributed by atoms with van der Waals surface area (Å²) >= 11 is 0. The quantitative estimate of drug-likeness (QED) is 0.720. The highest BCUT2D eigenvalue weighted by Gasteiger charge is 2.36. The maximum absolute atomic E-state index is 14.1. The zero-order valence-electron chi connectivity index (χ0n) is 14.3. The highest BCUT2D eigenvalue weighted by Crippen LogP contribution is 2.35. The van der Waals surface area contributed by atoms with Crippen molar-refractivity contribution < 1.29 is 31.8 Å². The first kappa shape index (κ1) is 19.3. The molecular weight excluding hydrogens is 342 g/mol. The van der Waals surface area contributed by atoms with E-state index in [2.05, 4.69) is 0 Å². The van der Waals surface area contributed by atoms with E-state index in [4.69, 9.17) is 9.47 Å². The van der Waals surface area contributed by atoms with E-state index in [-0.39, 0.29) is 6.54 Å². The second-order valence-electron chi connectivity index (χ2n) is 6.92. The number of amides is 1. The monoisotopic (exact) mass is 363 g/mol. The summed E-state index contributed by atoms with van der Waals surface area (Å²) in [4.78, 5) is 13.5. The number of likely N-dealkylation sites (tertiary alicyclic amines) is 1. The van der Waals surface area contributed by atoms with E-state index < -0.39 is 41.1 Å². The van der Waals surface area contributed by atoms with E-state index in [1.54, 1.807) is 20.8 Å². The van der Waals surface area contributed by atoms with E-state index >= 15 is 0 Å². The van der Waals surface area contributed by atoms with Crippen molar-refractivity contribution >= 4 is 6.09 Å². The molecule has 1 fully saturated rings. The van der Waals surface area contributed by atoms with Gasteiger partial charge in [0.25, 0.3) is 0 Å². The Hall–Kier alpha value is -1.99. The summed E-state index contributed by atoms with van der Waals surface area (Å²) in [6.45, 7) is 5.80. The first-order chi connectivity index (χ1) is 11.5. The average Bonchev–Trinajstić information content (AvgIpc) is 2.47. The zero-order chi connectivity index (χ0) is 18.8. The molecular formula is C17H21F4NO3. The van der Waals surface area contributed by atoms with Crippen molar-refractivity contribution in [2.45, 2.75) is 51.5 Å². The van der Waals surface area contributed by atoms with Crippen molar-refractivity contribution in [3.05, 3.63) is 29.6 Å². The van der Waals surface area contributed by atoms with Gasteiger partial charge in [-0.05, 0) is 45.7 Å². The Morgan fingerprint density at radius 3 is 2.52 bits per heavy atom. The van der Waals surface area contributed by atoms with Crippen LogP contribution < -0.4 is 4.74 Å². The van der Waals surface area contributed by atoms with Crippen LogP contribution in [0.4, 0.5) is 22.4 Å². The molecule has 0 radical (unpaired) electrons. The van der Waals surface area contributed by atoms with Crippen molar-refractivity contribution in [2.75, 3.05) is 13.1 Å². The molecule has 2 rings (SSSR count). The fraction of sp³-hybridized carbons (Fsp3) is 0.588. The fourth-order valence-corrected chi connectivity index (χ4v) is 2.53. The normalized spacial score (nSPS) is 18.8. The lowest BCUT2D eigenvalue weighted by atomic mass is 10.1. The lowest BCUT2D eigenvalue weighted by Crippen LogP contribution is -2.46. The SMILES string of the molecule is CC(C)(C)OC(=O)N1CCC[C@@H](Oc2cccc(C(F)(F)F)c2F)C1. The summed E-state index contributed by atoms with van der Waals surface area (Å²) in [5.41, 5.74) is -2.03. The molecule has 1 aliphatic heterocycles. The molecule has 25 heavy (non-hydrogen) atoms. The first-order valence-electron chi connectivity index (χ1n) is 7.97. The number of halogens is 4. The number of piperidine rings is 1. The molecule has 1 heterocycles. The van der Waals surface area contributed by atoms with Crippen molar-refractivity contribution in [1.82, 2.24) is 4.90 Å². The van der Waals surface area contributed by atoms with Crippen LogP contribution in [-0.4, -0.2) is 35.8 Å². The summed E-state index contributed by atoms with van der Waals surface area (Å²) in [7, 11) is 0. The molecule has 0 saturated carbocycles. The van der Waals surface area contributed by atoms with Gasteiger partial charge in [-0.15, -0.1) is 0 Å². The smallest absolute Gasteiger partial charge is 0.419 e. The summed E-state index contributed by atoms with van der Waals surface area (Å²) in [6, 6.07) is 2.91. The number of ether oxygens (including phenoxy) is 2. The van der Waals surface area contributed by atoms with Crippen LogP contribution in [0.15, 0.2) is 18.2 Å². The van der Waals surface area contributed by atoms with Gasteiger partial charge in [0.15, 0.2) is 11.6 Å². The predicted molar refractivity (Wildman–Crippen MR) is 82.9 cm³/mol. The number of hydrogen-bond acceptors (Lipinski definition) is 3. The molecule has 0 N–H and O–H groups in total. The Morgan fingerprint density at radius 2 is 1.92 bits per heavy atom. The second kappa shape index (κ2) is 7.09. The summed E-state index contributed by atoms with van der Waals surface area (Å²) in [5, 5.41) is 0. The molecule has 1 aromatic rings. The molecule has 8 heteroatoms. The van der Waals surface area contributed by atoms with Crippen LogP contribution in [0.3, 0.4) is 0 Å². The van der Waals surface area contributed by atoms with Crippen LogP contribution >= 0.6 is 0 Å². The van der Waals surface area contributed by atoms with Gasteiger partial charge in [-0.25, -0.2) is 9.18 Å². The highest BCUT2D eigenvalue weighted by atomic mass is 19.4. The van der Waals surface area contributed by atoms with Gasteiger partial charge >= 0.3 is 12.3 Å². The van der Waals surface area contributed by atoms with Crippen LogP contribution in [0.25, 0.3) is 0 Å². The standard InChI is InChI=1S/C17H21F4NO3/c1-16(2,3)25-15(23)22-9-5-6-11(10-22)24-13-8-4-7-12(14(13)18)17(19,20)21/h4,7-8,11H,5-6,9-10H2,1-3H3/t11-/m1/s1. The van der Waals surface area contributed by atoms with Crippen molar-refractivity contribution in [2.24, 2.45) is 0 Å². The van der Waals surface area contributed by atoms with Gasteiger partial charge in [0, 0.05) is 6.54 Å². The topological polar surface area (TPSA) is 38.8 Å². The summed E-state index contributed by atoms with van der Waals surface area (Å²) < 4.78 is 63.0. The van der Waals surface area contributed by atoms with E-state index in [9.17, 15) is 22.4 Å². The van der Waals surface area contributed by atoms with Crippen LogP contribution in [0.1, 0.15) is 39.2 Å². The van der Waals surface area contributed by atoms with E-state index in [1.807, 2.05) is 0 Å². The van der Waals surface area contributed by atoms with E-state index in [1.165, 1.54) is 4.90 Å². The minimum absolute atomic E-state index is 0.130. The lowest BCUT2D eigenvalue weighted by Gasteiger charge is -2.34. The van der Waals surface area contributed by atoms with Crippen molar-refractivity contribution in [3.63, 3.8) is 0 Å². The molecule has 0 bridgehead atoms. The van der Waals surface area contributed by atoms with Gasteiger partial charge in [-0.1, -0.05) is 6.07 Å². The Balaban J connectivity index is 2.07. The van der Waals surface area contributed by atoms with Crippen molar-refractivity contribution in [3.8, 4) is 5.75 Å². The lowest BCUT2D eigenvalue weighted by molar-refractivity contribution is -0.140. The minimum atomic E-state index is -4.79. The molecule has 1 amide bonds. The van der Waals surface area contributed by atoms with Gasteiger partial charge in [0.05, 0.1) is 12.1 Å². The number of nitrogens with zero attached hydrogens (tertiary/aromatic N) is 1. The number of hydrogen-bond donors (Lipinski definition) is 0. The van der Waals surface area contributed by atoms with Crippen LogP contribution in [-0.2, 0) is 10.9 Å². The first-order valence-corrected chi connectivity index (χ1v) is 7.97. The highest BCUT2D eigenvalue weighted by molar-refractivity contribution is 5.68. The molecule has 140 valence electrons. The summed E-state index contributed by atoms with van der Waals surface area (Å²) in [5.74, 6) is -1.91. The Kier molecular flexibility index (Phi) is 5.49. The van der Waals surface area contributed by atoms with E-state index in [0.29, 0.717) is 25.5 Å². The maximum atomic E-state index is 14.1. The molecule has 0 unspecified atom stereocenters. The van der Waals surface area contributed by atoms with Crippen LogP contribution in [0.5, 0.6) is 5.75 Å². The van der Waals surface area contributed by atoms with E-state index in [0.717, 1.165) is 12.1 Å². The van der Waals surface area contributed by atoms with Gasteiger partial charge in [-0.2, -0.15) is 13.2 Å². The zero-order valence-corrected chi connectivity index (χ0v) is 14.3. The molecule has 0 spiro atoms. The Labute approximate surface area is 143 Å². The van der Waals surface area contributed by atoms with Crippen LogP contribution in [0.2, 0.25) is 0 Å². The third-order valence-electron chi connectivity index (χ3n) is 3.59. The predicted octanol–water partition coefficient (Wildman–Crippen LogP) is 4.62. The summed E-state index contributed by atoms with van der Waals surface area (Å²) in [6.07, 6.45) is -4.82. The van der Waals surface area contributed by atoms with Crippen LogP contribution in [0, 0.1) is 5.82 Å². The molecule has 1 aromatic carbocycles. The molecule has 1 aliphatic rings. The molecule has 1 atom stereocenters. The van der Waals surface area contributed by atoms with Gasteiger partial charge in [0.2, 0.25) is 0 Å². The molecule has 0 aromatic heterocycles. The second-order valence-corrected chi connectivity index (χ2v) is 6.92.